The van der Waals surface area contributed by atoms with Crippen LogP contribution in [0.25, 0.3) is 26.5 Å². The summed E-state index contributed by atoms with van der Waals surface area (Å²) in [5.41, 5.74) is 11.3. The molecular formula is C25H18N6OS. The molecule has 33 heavy (non-hydrogen) atoms. The van der Waals surface area contributed by atoms with E-state index < -0.39 is 0 Å². The number of carbonyl (C=O) groups excluding carboxylic acids is 1. The molecule has 0 aliphatic heterocycles. The van der Waals surface area contributed by atoms with E-state index in [4.69, 9.17) is 16.0 Å². The smallest absolute Gasteiger partial charge is 0.255 e. The van der Waals surface area contributed by atoms with Crippen molar-refractivity contribution in [3.05, 3.63) is 89.6 Å². The summed E-state index contributed by atoms with van der Waals surface area (Å²) in [4.78, 5) is 17.4. The van der Waals surface area contributed by atoms with E-state index in [1.54, 1.807) is 35.6 Å². The fraction of sp³-hybridized carbons (Fsp3) is 0.0400. The number of nitriles is 1. The standard InChI is InChI=1S/C25H18N6OS/c1-15-2-11-21-22(12-15)33-25(30-21)17-3-7-19(8-4-17)29-24(32)16-5-9-20(10-6-16)31-23(27)18(13-26)14-28-31/h2-12,14H,27H2,1H3,(H,29,32). The van der Waals surface area contributed by atoms with Crippen LogP contribution >= 0.6 is 11.3 Å². The van der Waals surface area contributed by atoms with E-state index in [-0.39, 0.29) is 11.7 Å². The van der Waals surface area contributed by atoms with E-state index in [1.807, 2.05) is 36.4 Å². The second-order valence-electron chi connectivity index (χ2n) is 7.54. The minimum Gasteiger partial charge on any atom is -0.382 e. The van der Waals surface area contributed by atoms with Crippen molar-refractivity contribution in [2.45, 2.75) is 6.92 Å². The SMILES string of the molecule is Cc1ccc2nc(-c3ccc(NC(=O)c4ccc(-n5ncc(C#N)c5N)cc4)cc3)sc2c1. The summed E-state index contributed by atoms with van der Waals surface area (Å²) >= 11 is 1.65. The first-order chi connectivity index (χ1) is 16.0. The third-order valence-corrected chi connectivity index (χ3v) is 6.30. The predicted octanol–water partition coefficient (Wildman–Crippen LogP) is 5.16. The lowest BCUT2D eigenvalue weighted by atomic mass is 10.1. The van der Waals surface area contributed by atoms with Gasteiger partial charge >= 0.3 is 0 Å². The predicted molar refractivity (Wildman–Crippen MR) is 130 cm³/mol. The molecule has 0 aliphatic rings. The quantitative estimate of drug-likeness (QED) is 0.393. The summed E-state index contributed by atoms with van der Waals surface area (Å²) < 4.78 is 2.62. The van der Waals surface area contributed by atoms with Gasteiger partial charge in [0, 0.05) is 16.8 Å². The van der Waals surface area contributed by atoms with Gasteiger partial charge in [0.05, 0.1) is 22.1 Å². The van der Waals surface area contributed by atoms with E-state index in [1.165, 1.54) is 16.4 Å². The fourth-order valence-electron chi connectivity index (χ4n) is 3.46. The van der Waals surface area contributed by atoms with Gasteiger partial charge in [0.1, 0.15) is 22.5 Å². The average Bonchev–Trinajstić information content (AvgIpc) is 3.42. The first-order valence-electron chi connectivity index (χ1n) is 10.1. The van der Waals surface area contributed by atoms with Gasteiger partial charge in [-0.25, -0.2) is 9.67 Å². The molecule has 8 heteroatoms. The van der Waals surface area contributed by atoms with Gasteiger partial charge in [-0.05, 0) is 73.2 Å². The number of nitrogens with one attached hydrogen (secondary N) is 1. The number of nitrogens with zero attached hydrogens (tertiary/aromatic N) is 4. The topological polar surface area (TPSA) is 110 Å². The summed E-state index contributed by atoms with van der Waals surface area (Å²) in [5, 5.41) is 17.0. The molecule has 160 valence electrons. The van der Waals surface area contributed by atoms with Crippen LogP contribution in [-0.2, 0) is 0 Å². The number of nitrogens with two attached hydrogens (primary N) is 1. The summed E-state index contributed by atoms with van der Waals surface area (Å²) in [7, 11) is 0. The number of hydrogen-bond acceptors (Lipinski definition) is 6. The van der Waals surface area contributed by atoms with Gasteiger partial charge in [0.15, 0.2) is 0 Å². The number of thiazole rings is 1. The molecule has 5 aromatic rings. The van der Waals surface area contributed by atoms with Crippen molar-refractivity contribution in [2.24, 2.45) is 0 Å². The van der Waals surface area contributed by atoms with Crippen LogP contribution in [0.4, 0.5) is 11.5 Å². The molecular weight excluding hydrogens is 432 g/mol. The van der Waals surface area contributed by atoms with Crippen LogP contribution in [0.2, 0.25) is 0 Å². The van der Waals surface area contributed by atoms with Gasteiger partial charge < -0.3 is 11.1 Å². The van der Waals surface area contributed by atoms with Crippen molar-refractivity contribution in [3.63, 3.8) is 0 Å². The summed E-state index contributed by atoms with van der Waals surface area (Å²) in [5.74, 6) is 0.0361. The van der Waals surface area contributed by atoms with Crippen molar-refractivity contribution in [1.29, 1.82) is 5.26 Å². The highest BCUT2D eigenvalue weighted by atomic mass is 32.1. The van der Waals surface area contributed by atoms with Gasteiger partial charge in [-0.1, -0.05) is 6.07 Å². The molecule has 0 atom stereocenters. The van der Waals surface area contributed by atoms with Crippen LogP contribution in [0.1, 0.15) is 21.5 Å². The molecule has 2 aromatic heterocycles. The van der Waals surface area contributed by atoms with Crippen LogP contribution in [0.5, 0.6) is 0 Å². The Morgan fingerprint density at radius 2 is 1.85 bits per heavy atom. The lowest BCUT2D eigenvalue weighted by molar-refractivity contribution is 0.102. The van der Waals surface area contributed by atoms with Crippen LogP contribution in [-0.4, -0.2) is 20.7 Å². The second kappa shape index (κ2) is 8.22. The number of nitrogen functional groups attached to an aromatic ring is 1. The lowest BCUT2D eigenvalue weighted by Crippen LogP contribution is -2.12. The molecule has 2 heterocycles. The fourth-order valence-corrected chi connectivity index (χ4v) is 4.53. The molecule has 0 unspecified atom stereocenters. The number of aromatic nitrogens is 3. The van der Waals surface area contributed by atoms with Crippen LogP contribution in [0, 0.1) is 18.3 Å². The highest BCUT2D eigenvalue weighted by Crippen LogP contribution is 2.31. The van der Waals surface area contributed by atoms with Crippen molar-refractivity contribution < 1.29 is 4.79 Å². The normalized spacial score (nSPS) is 10.8. The highest BCUT2D eigenvalue weighted by Gasteiger charge is 2.11. The first-order valence-corrected chi connectivity index (χ1v) is 11.0. The maximum atomic E-state index is 12.7. The zero-order chi connectivity index (χ0) is 22.9. The molecule has 5 rings (SSSR count). The first kappa shape index (κ1) is 20.4. The Kier molecular flexibility index (Phi) is 5.09. The van der Waals surface area contributed by atoms with Gasteiger partial charge in [-0.2, -0.15) is 10.4 Å². The maximum Gasteiger partial charge on any atom is 0.255 e. The molecule has 0 spiro atoms. The number of benzene rings is 3. The zero-order valence-corrected chi connectivity index (χ0v) is 18.4. The minimum atomic E-state index is -0.226. The minimum absolute atomic E-state index is 0.226. The number of hydrogen-bond donors (Lipinski definition) is 2. The van der Waals surface area contributed by atoms with Crippen molar-refractivity contribution in [1.82, 2.24) is 14.8 Å². The largest absolute Gasteiger partial charge is 0.382 e. The van der Waals surface area contributed by atoms with E-state index in [0.717, 1.165) is 20.8 Å². The Hall–Kier alpha value is -4.48. The van der Waals surface area contributed by atoms with Gasteiger partial charge in [-0.3, -0.25) is 4.79 Å². The van der Waals surface area contributed by atoms with Crippen molar-refractivity contribution >= 4 is 39.0 Å². The highest BCUT2D eigenvalue weighted by molar-refractivity contribution is 7.21. The Labute approximate surface area is 193 Å². The third-order valence-electron chi connectivity index (χ3n) is 5.23. The molecule has 0 radical (unpaired) electrons. The van der Waals surface area contributed by atoms with E-state index in [0.29, 0.717) is 22.5 Å². The van der Waals surface area contributed by atoms with E-state index in [9.17, 15) is 4.79 Å². The molecule has 0 bridgehead atoms. The van der Waals surface area contributed by atoms with Gasteiger partial charge in [-0.15, -0.1) is 11.3 Å². The number of carbonyl (C=O) groups is 1. The third kappa shape index (κ3) is 3.93. The molecule has 0 fully saturated rings. The molecule has 0 saturated heterocycles. The van der Waals surface area contributed by atoms with Gasteiger partial charge in [0.2, 0.25) is 0 Å². The Morgan fingerprint density at radius 3 is 2.55 bits per heavy atom. The average molecular weight is 451 g/mol. The molecule has 3 N–H and O–H groups in total. The molecule has 7 nitrogen and oxygen atoms in total. The number of aryl methyl sites for hydroxylation is 1. The zero-order valence-electron chi connectivity index (χ0n) is 17.6. The molecule has 0 aliphatic carbocycles. The Balaban J connectivity index is 1.30. The number of rotatable bonds is 4. The maximum absolute atomic E-state index is 12.7. The number of fused-ring (bicyclic) bond motifs is 1. The summed E-state index contributed by atoms with van der Waals surface area (Å²) in [6, 6.07) is 22.7. The Bertz CT molecular complexity index is 1520. The summed E-state index contributed by atoms with van der Waals surface area (Å²) in [6.45, 7) is 2.07. The lowest BCUT2D eigenvalue weighted by Gasteiger charge is -2.08. The van der Waals surface area contributed by atoms with Crippen molar-refractivity contribution in [2.75, 3.05) is 11.1 Å². The molecule has 3 aromatic carbocycles. The molecule has 1 amide bonds. The Morgan fingerprint density at radius 1 is 1.09 bits per heavy atom. The summed E-state index contributed by atoms with van der Waals surface area (Å²) in [6.07, 6.45) is 1.41. The second-order valence-corrected chi connectivity index (χ2v) is 8.57. The van der Waals surface area contributed by atoms with Crippen LogP contribution < -0.4 is 11.1 Å². The number of anilines is 2. The van der Waals surface area contributed by atoms with Crippen LogP contribution in [0.3, 0.4) is 0 Å². The monoisotopic (exact) mass is 450 g/mol. The van der Waals surface area contributed by atoms with E-state index >= 15 is 0 Å². The molecule has 0 saturated carbocycles. The van der Waals surface area contributed by atoms with Gasteiger partial charge in [0.25, 0.3) is 5.91 Å². The van der Waals surface area contributed by atoms with Crippen LogP contribution in [0.15, 0.2) is 72.9 Å². The number of amides is 1. The van der Waals surface area contributed by atoms with E-state index in [2.05, 4.69) is 29.5 Å². The van der Waals surface area contributed by atoms with Crippen molar-refractivity contribution in [3.8, 4) is 22.3 Å².